The summed E-state index contributed by atoms with van der Waals surface area (Å²) < 4.78 is 24.6. The Morgan fingerprint density at radius 1 is 1.29 bits per heavy atom. The Kier molecular flexibility index (Phi) is 3.51. The Labute approximate surface area is 103 Å². The number of sulfonamides is 1. The fraction of sp³-hybridized carbons (Fsp3) is 0.500. The second kappa shape index (κ2) is 4.76. The monoisotopic (exact) mass is 254 g/mol. The number of aryl methyl sites for hydroxylation is 1. The third-order valence-corrected chi connectivity index (χ3v) is 4.36. The zero-order chi connectivity index (χ0) is 12.5. The van der Waals surface area contributed by atoms with E-state index in [1.54, 1.807) is 0 Å². The molecule has 2 rings (SSSR count). The van der Waals surface area contributed by atoms with Gasteiger partial charge in [-0.05, 0) is 12.5 Å². The highest BCUT2D eigenvalue weighted by atomic mass is 32.2. The van der Waals surface area contributed by atoms with Gasteiger partial charge in [-0.15, -0.1) is 0 Å². The van der Waals surface area contributed by atoms with E-state index in [4.69, 9.17) is 0 Å². The summed E-state index contributed by atoms with van der Waals surface area (Å²) >= 11 is 0. The zero-order valence-corrected chi connectivity index (χ0v) is 11.0. The quantitative estimate of drug-likeness (QED) is 0.853. The van der Waals surface area contributed by atoms with E-state index < -0.39 is 10.0 Å². The zero-order valence-electron chi connectivity index (χ0n) is 10.2. The molecule has 1 aromatic carbocycles. The van der Waals surface area contributed by atoms with E-state index >= 15 is 0 Å². The molecule has 0 amide bonds. The van der Waals surface area contributed by atoms with Gasteiger partial charge in [0.1, 0.15) is 0 Å². The summed E-state index contributed by atoms with van der Waals surface area (Å²) in [5.74, 6) is 0. The van der Waals surface area contributed by atoms with Gasteiger partial charge in [0.05, 0.1) is 6.26 Å². The van der Waals surface area contributed by atoms with Crippen LogP contribution in [0.3, 0.4) is 0 Å². The number of hydrogen-bond donors (Lipinski definition) is 1. The fourth-order valence-electron chi connectivity index (χ4n) is 2.05. The van der Waals surface area contributed by atoms with Crippen LogP contribution in [-0.2, 0) is 10.0 Å². The van der Waals surface area contributed by atoms with Crippen LogP contribution >= 0.6 is 0 Å². The Morgan fingerprint density at radius 3 is 2.53 bits per heavy atom. The van der Waals surface area contributed by atoms with Crippen LogP contribution in [0.25, 0.3) is 0 Å². The summed E-state index contributed by atoms with van der Waals surface area (Å²) in [6.07, 6.45) is 1.27. The first-order chi connectivity index (χ1) is 7.97. The maximum Gasteiger partial charge on any atom is 0.211 e. The SMILES string of the molecule is Cc1ccc(C2CN(S(C)(=O)=O)CCN2)cc1. The van der Waals surface area contributed by atoms with Crippen molar-refractivity contribution in [3.8, 4) is 0 Å². The molecule has 0 spiro atoms. The average Bonchev–Trinajstić information content (AvgIpc) is 2.29. The van der Waals surface area contributed by atoms with Crippen LogP contribution in [-0.4, -0.2) is 38.6 Å². The highest BCUT2D eigenvalue weighted by Crippen LogP contribution is 2.19. The molecule has 94 valence electrons. The molecule has 1 unspecified atom stereocenters. The second-order valence-electron chi connectivity index (χ2n) is 4.54. The van der Waals surface area contributed by atoms with Gasteiger partial charge in [-0.1, -0.05) is 29.8 Å². The molecule has 0 bridgehead atoms. The number of hydrogen-bond acceptors (Lipinski definition) is 3. The molecule has 1 aliphatic rings. The van der Waals surface area contributed by atoms with Crippen molar-refractivity contribution in [1.29, 1.82) is 0 Å². The number of piperazine rings is 1. The van der Waals surface area contributed by atoms with Crippen molar-refractivity contribution in [3.05, 3.63) is 35.4 Å². The van der Waals surface area contributed by atoms with Crippen LogP contribution in [0.2, 0.25) is 0 Å². The van der Waals surface area contributed by atoms with Crippen LogP contribution in [0.5, 0.6) is 0 Å². The van der Waals surface area contributed by atoms with Crippen molar-refractivity contribution in [1.82, 2.24) is 9.62 Å². The summed E-state index contributed by atoms with van der Waals surface area (Å²) in [5.41, 5.74) is 2.36. The predicted molar refractivity (Wildman–Crippen MR) is 68.3 cm³/mol. The third-order valence-electron chi connectivity index (χ3n) is 3.09. The van der Waals surface area contributed by atoms with Gasteiger partial charge < -0.3 is 5.32 Å². The lowest BCUT2D eigenvalue weighted by molar-refractivity contribution is 0.303. The number of benzene rings is 1. The van der Waals surface area contributed by atoms with E-state index in [9.17, 15) is 8.42 Å². The van der Waals surface area contributed by atoms with Gasteiger partial charge >= 0.3 is 0 Å². The summed E-state index contributed by atoms with van der Waals surface area (Å²) in [6.45, 7) is 3.82. The van der Waals surface area contributed by atoms with Gasteiger partial charge in [0.25, 0.3) is 0 Å². The molecule has 17 heavy (non-hydrogen) atoms. The Bertz CT molecular complexity index is 482. The smallest absolute Gasteiger partial charge is 0.211 e. The number of nitrogens with one attached hydrogen (secondary N) is 1. The van der Waals surface area contributed by atoms with Crippen LogP contribution in [0.4, 0.5) is 0 Å². The summed E-state index contributed by atoms with van der Waals surface area (Å²) in [5, 5.41) is 3.35. The van der Waals surface area contributed by atoms with Gasteiger partial charge in [-0.2, -0.15) is 4.31 Å². The van der Waals surface area contributed by atoms with Gasteiger partial charge in [-0.25, -0.2) is 8.42 Å². The van der Waals surface area contributed by atoms with Gasteiger partial charge in [-0.3, -0.25) is 0 Å². The van der Waals surface area contributed by atoms with E-state index in [2.05, 4.69) is 29.6 Å². The topological polar surface area (TPSA) is 49.4 Å². The molecule has 5 heteroatoms. The number of rotatable bonds is 2. The standard InChI is InChI=1S/C12H18N2O2S/c1-10-3-5-11(6-4-10)12-9-14(8-7-13-12)17(2,15)16/h3-6,12-13H,7-9H2,1-2H3. The highest BCUT2D eigenvalue weighted by molar-refractivity contribution is 7.88. The Balaban J connectivity index is 2.15. The van der Waals surface area contributed by atoms with Crippen molar-refractivity contribution in [2.24, 2.45) is 0 Å². The van der Waals surface area contributed by atoms with E-state index in [1.165, 1.54) is 16.1 Å². The van der Waals surface area contributed by atoms with E-state index in [-0.39, 0.29) is 6.04 Å². The van der Waals surface area contributed by atoms with Gasteiger partial charge in [0, 0.05) is 25.7 Å². The van der Waals surface area contributed by atoms with Crippen LogP contribution in [0, 0.1) is 6.92 Å². The first kappa shape index (κ1) is 12.5. The molecule has 0 aromatic heterocycles. The fourth-order valence-corrected chi connectivity index (χ4v) is 2.89. The minimum atomic E-state index is -3.08. The lowest BCUT2D eigenvalue weighted by Gasteiger charge is -2.32. The van der Waals surface area contributed by atoms with Crippen molar-refractivity contribution in [2.45, 2.75) is 13.0 Å². The molecule has 1 fully saturated rings. The number of nitrogens with zero attached hydrogens (tertiary/aromatic N) is 1. The largest absolute Gasteiger partial charge is 0.308 e. The normalized spacial score (nSPS) is 22.6. The van der Waals surface area contributed by atoms with Crippen molar-refractivity contribution in [2.75, 3.05) is 25.9 Å². The Hall–Kier alpha value is -0.910. The molecule has 0 aliphatic carbocycles. The highest BCUT2D eigenvalue weighted by Gasteiger charge is 2.26. The second-order valence-corrected chi connectivity index (χ2v) is 6.52. The van der Waals surface area contributed by atoms with Crippen LogP contribution < -0.4 is 5.32 Å². The maximum atomic E-state index is 11.5. The summed E-state index contributed by atoms with van der Waals surface area (Å²) in [7, 11) is -3.08. The molecule has 1 aromatic rings. The predicted octanol–water partition coefficient (Wildman–Crippen LogP) is 0.901. The molecule has 1 saturated heterocycles. The van der Waals surface area contributed by atoms with Gasteiger partial charge in [0.2, 0.25) is 10.0 Å². The Morgan fingerprint density at radius 2 is 1.94 bits per heavy atom. The minimum Gasteiger partial charge on any atom is -0.308 e. The molecule has 4 nitrogen and oxygen atoms in total. The molecular formula is C12H18N2O2S. The van der Waals surface area contributed by atoms with E-state index in [0.717, 1.165) is 5.56 Å². The molecule has 1 atom stereocenters. The minimum absolute atomic E-state index is 0.0964. The lowest BCUT2D eigenvalue weighted by Crippen LogP contribution is -2.47. The van der Waals surface area contributed by atoms with Gasteiger partial charge in [0.15, 0.2) is 0 Å². The van der Waals surface area contributed by atoms with Crippen LogP contribution in [0.1, 0.15) is 17.2 Å². The molecule has 1 N–H and O–H groups in total. The van der Waals surface area contributed by atoms with Crippen molar-refractivity contribution >= 4 is 10.0 Å². The summed E-state index contributed by atoms with van der Waals surface area (Å²) in [4.78, 5) is 0. The maximum absolute atomic E-state index is 11.5. The van der Waals surface area contributed by atoms with E-state index in [0.29, 0.717) is 19.6 Å². The average molecular weight is 254 g/mol. The third kappa shape index (κ3) is 3.06. The molecule has 0 saturated carbocycles. The van der Waals surface area contributed by atoms with Crippen LogP contribution in [0.15, 0.2) is 24.3 Å². The molecular weight excluding hydrogens is 236 g/mol. The van der Waals surface area contributed by atoms with E-state index in [1.807, 2.05) is 6.92 Å². The first-order valence-electron chi connectivity index (χ1n) is 5.72. The summed E-state index contributed by atoms with van der Waals surface area (Å²) in [6, 6.07) is 8.31. The van der Waals surface area contributed by atoms with Crippen molar-refractivity contribution < 1.29 is 8.42 Å². The van der Waals surface area contributed by atoms with Crippen molar-refractivity contribution in [3.63, 3.8) is 0 Å². The molecule has 1 heterocycles. The lowest BCUT2D eigenvalue weighted by atomic mass is 10.0. The molecule has 1 aliphatic heterocycles. The first-order valence-corrected chi connectivity index (χ1v) is 7.57. The molecule has 0 radical (unpaired) electrons.